The van der Waals surface area contributed by atoms with Gasteiger partial charge >= 0.3 is 0 Å². The standard InChI is InChI=1S/C20H23N3OS2/c1-10-8-7-9-11(2)17(10)23-18(24)14(5)26-20-16-12(3)13(4)25-19(16)21-15(6)22-20/h7-9,14H,1-6H3,(H,23,24)/t14-/m1/s1. The first kappa shape index (κ1) is 18.9. The summed E-state index contributed by atoms with van der Waals surface area (Å²) in [6.07, 6.45) is 0. The molecule has 0 aliphatic carbocycles. The van der Waals surface area contributed by atoms with Crippen molar-refractivity contribution in [1.29, 1.82) is 0 Å². The van der Waals surface area contributed by atoms with Crippen LogP contribution in [0.15, 0.2) is 23.2 Å². The van der Waals surface area contributed by atoms with E-state index in [0.717, 1.165) is 37.9 Å². The zero-order valence-electron chi connectivity index (χ0n) is 15.9. The van der Waals surface area contributed by atoms with Gasteiger partial charge in [-0.2, -0.15) is 0 Å². The van der Waals surface area contributed by atoms with Crippen molar-refractivity contribution in [2.24, 2.45) is 0 Å². The molecule has 3 aromatic rings. The van der Waals surface area contributed by atoms with Crippen LogP contribution in [-0.4, -0.2) is 21.1 Å². The number of rotatable bonds is 4. The van der Waals surface area contributed by atoms with E-state index in [-0.39, 0.29) is 11.2 Å². The summed E-state index contributed by atoms with van der Waals surface area (Å²) in [6, 6.07) is 6.02. The molecule has 6 heteroatoms. The van der Waals surface area contributed by atoms with Crippen LogP contribution in [-0.2, 0) is 4.79 Å². The molecule has 26 heavy (non-hydrogen) atoms. The second kappa shape index (κ2) is 7.37. The Morgan fingerprint density at radius 3 is 2.42 bits per heavy atom. The minimum atomic E-state index is -0.258. The second-order valence-electron chi connectivity index (χ2n) is 6.56. The lowest BCUT2D eigenvalue weighted by Gasteiger charge is -2.15. The molecule has 0 saturated carbocycles. The van der Waals surface area contributed by atoms with Crippen LogP contribution >= 0.6 is 23.1 Å². The maximum absolute atomic E-state index is 12.8. The molecule has 0 aliphatic heterocycles. The molecule has 3 rings (SSSR count). The van der Waals surface area contributed by atoms with Gasteiger partial charge in [0.2, 0.25) is 5.91 Å². The quantitative estimate of drug-likeness (QED) is 0.486. The molecule has 1 N–H and O–H groups in total. The zero-order chi connectivity index (χ0) is 19.0. The Morgan fingerprint density at radius 2 is 1.77 bits per heavy atom. The van der Waals surface area contributed by atoms with Gasteiger partial charge in [0.05, 0.1) is 5.25 Å². The lowest BCUT2D eigenvalue weighted by Crippen LogP contribution is -2.23. The summed E-state index contributed by atoms with van der Waals surface area (Å²) in [4.78, 5) is 24.2. The Kier molecular flexibility index (Phi) is 5.34. The van der Waals surface area contributed by atoms with E-state index in [0.29, 0.717) is 0 Å². The summed E-state index contributed by atoms with van der Waals surface area (Å²) in [6.45, 7) is 12.0. The highest BCUT2D eigenvalue weighted by atomic mass is 32.2. The van der Waals surface area contributed by atoms with Crippen molar-refractivity contribution in [1.82, 2.24) is 9.97 Å². The van der Waals surface area contributed by atoms with Crippen LogP contribution in [0.4, 0.5) is 5.69 Å². The first-order valence-corrected chi connectivity index (χ1v) is 10.3. The highest BCUT2D eigenvalue weighted by Crippen LogP contribution is 2.36. The van der Waals surface area contributed by atoms with E-state index in [2.05, 4.69) is 29.1 Å². The van der Waals surface area contributed by atoms with Gasteiger partial charge in [-0.05, 0) is 58.2 Å². The highest BCUT2D eigenvalue weighted by Gasteiger charge is 2.21. The third-order valence-corrected chi connectivity index (χ3v) is 6.68. The number of hydrogen-bond acceptors (Lipinski definition) is 5. The van der Waals surface area contributed by atoms with Gasteiger partial charge in [0.15, 0.2) is 0 Å². The van der Waals surface area contributed by atoms with Crippen LogP contribution in [0.3, 0.4) is 0 Å². The number of anilines is 1. The Labute approximate surface area is 162 Å². The summed E-state index contributed by atoms with van der Waals surface area (Å²) in [7, 11) is 0. The van der Waals surface area contributed by atoms with Crippen molar-refractivity contribution in [2.75, 3.05) is 5.32 Å². The first-order valence-electron chi connectivity index (χ1n) is 8.56. The van der Waals surface area contributed by atoms with E-state index in [9.17, 15) is 4.79 Å². The molecular formula is C20H23N3OS2. The maximum Gasteiger partial charge on any atom is 0.237 e. The minimum absolute atomic E-state index is 0.0126. The lowest BCUT2D eigenvalue weighted by atomic mass is 10.1. The SMILES string of the molecule is Cc1nc(S[C@H](C)C(=O)Nc2c(C)cccc2C)c2c(C)c(C)sc2n1. The van der Waals surface area contributed by atoms with E-state index in [1.54, 1.807) is 11.3 Å². The molecule has 0 bridgehead atoms. The number of aryl methyl sites for hydroxylation is 5. The molecule has 1 atom stereocenters. The number of nitrogens with zero attached hydrogens (tertiary/aromatic N) is 2. The number of thiophene rings is 1. The average molecular weight is 386 g/mol. The summed E-state index contributed by atoms with van der Waals surface area (Å²) >= 11 is 3.18. The molecule has 0 spiro atoms. The highest BCUT2D eigenvalue weighted by molar-refractivity contribution is 8.00. The fourth-order valence-electron chi connectivity index (χ4n) is 2.86. The molecule has 1 amide bonds. The molecule has 0 saturated heterocycles. The van der Waals surface area contributed by atoms with E-state index < -0.39 is 0 Å². The predicted octanol–water partition coefficient (Wildman–Crippen LogP) is 5.35. The fourth-order valence-corrected chi connectivity index (χ4v) is 5.05. The average Bonchev–Trinajstić information content (AvgIpc) is 2.85. The van der Waals surface area contributed by atoms with Crippen LogP contribution in [0, 0.1) is 34.6 Å². The topological polar surface area (TPSA) is 54.9 Å². The Hall–Kier alpha value is -1.92. The van der Waals surface area contributed by atoms with Gasteiger partial charge in [0.1, 0.15) is 15.7 Å². The number of hydrogen-bond donors (Lipinski definition) is 1. The monoisotopic (exact) mass is 385 g/mol. The van der Waals surface area contributed by atoms with Crippen molar-refractivity contribution >= 4 is 44.9 Å². The van der Waals surface area contributed by atoms with Gasteiger partial charge in [0, 0.05) is 16.0 Å². The number of carbonyl (C=O) groups excluding carboxylic acids is 1. The van der Waals surface area contributed by atoms with Crippen LogP contribution in [0.5, 0.6) is 0 Å². The fraction of sp³-hybridized carbons (Fsp3) is 0.350. The van der Waals surface area contributed by atoms with Crippen molar-refractivity contribution in [2.45, 2.75) is 51.8 Å². The van der Waals surface area contributed by atoms with Gasteiger partial charge in [-0.1, -0.05) is 30.0 Å². The van der Waals surface area contributed by atoms with Gasteiger partial charge in [-0.25, -0.2) is 9.97 Å². The van der Waals surface area contributed by atoms with Crippen molar-refractivity contribution in [3.63, 3.8) is 0 Å². The number of thioether (sulfide) groups is 1. The molecule has 0 radical (unpaired) electrons. The van der Waals surface area contributed by atoms with E-state index in [1.807, 2.05) is 45.9 Å². The number of aromatic nitrogens is 2. The second-order valence-corrected chi connectivity index (χ2v) is 9.09. The van der Waals surface area contributed by atoms with Gasteiger partial charge in [-0.3, -0.25) is 4.79 Å². The summed E-state index contributed by atoms with van der Waals surface area (Å²) < 4.78 is 0. The van der Waals surface area contributed by atoms with Crippen LogP contribution < -0.4 is 5.32 Å². The number of nitrogens with one attached hydrogen (secondary N) is 1. The number of carbonyl (C=O) groups is 1. The predicted molar refractivity (Wildman–Crippen MR) is 111 cm³/mol. The molecule has 1 aromatic carbocycles. The Balaban J connectivity index is 1.87. The lowest BCUT2D eigenvalue weighted by molar-refractivity contribution is -0.115. The largest absolute Gasteiger partial charge is 0.325 e. The summed E-state index contributed by atoms with van der Waals surface area (Å²) in [5.41, 5.74) is 4.24. The van der Waals surface area contributed by atoms with Gasteiger partial charge in [0.25, 0.3) is 0 Å². The number of amides is 1. The van der Waals surface area contributed by atoms with Crippen molar-refractivity contribution < 1.29 is 4.79 Å². The van der Waals surface area contributed by atoms with Crippen LogP contribution in [0.25, 0.3) is 10.2 Å². The normalized spacial score (nSPS) is 12.4. The zero-order valence-corrected chi connectivity index (χ0v) is 17.6. The molecule has 2 heterocycles. The summed E-state index contributed by atoms with van der Waals surface area (Å²) in [5, 5.41) is 4.79. The van der Waals surface area contributed by atoms with Crippen molar-refractivity contribution in [3.05, 3.63) is 45.6 Å². The van der Waals surface area contributed by atoms with Gasteiger partial charge < -0.3 is 5.32 Å². The van der Waals surface area contributed by atoms with E-state index in [4.69, 9.17) is 0 Å². The third kappa shape index (κ3) is 3.62. The first-order chi connectivity index (χ1) is 12.3. The molecular weight excluding hydrogens is 362 g/mol. The molecule has 136 valence electrons. The molecule has 0 fully saturated rings. The molecule has 2 aromatic heterocycles. The summed E-state index contributed by atoms with van der Waals surface area (Å²) in [5.74, 6) is 0.727. The Bertz CT molecular complexity index is 974. The van der Waals surface area contributed by atoms with Crippen molar-refractivity contribution in [3.8, 4) is 0 Å². The molecule has 0 unspecified atom stereocenters. The maximum atomic E-state index is 12.8. The Morgan fingerprint density at radius 1 is 1.12 bits per heavy atom. The smallest absolute Gasteiger partial charge is 0.237 e. The minimum Gasteiger partial charge on any atom is -0.325 e. The van der Waals surface area contributed by atoms with Crippen LogP contribution in [0.2, 0.25) is 0 Å². The number of benzene rings is 1. The van der Waals surface area contributed by atoms with Gasteiger partial charge in [-0.15, -0.1) is 11.3 Å². The van der Waals surface area contributed by atoms with Crippen LogP contribution in [0.1, 0.15) is 34.3 Å². The third-order valence-electron chi connectivity index (χ3n) is 4.49. The number of fused-ring (bicyclic) bond motifs is 1. The molecule has 0 aliphatic rings. The van der Waals surface area contributed by atoms with E-state index in [1.165, 1.54) is 22.2 Å². The van der Waals surface area contributed by atoms with E-state index >= 15 is 0 Å². The molecule has 4 nitrogen and oxygen atoms in total. The number of para-hydroxylation sites is 1.